The van der Waals surface area contributed by atoms with Gasteiger partial charge in [-0.1, -0.05) is 12.1 Å². The van der Waals surface area contributed by atoms with Crippen LogP contribution in [-0.2, 0) is 0 Å². The molecule has 25 heavy (non-hydrogen) atoms. The van der Waals surface area contributed by atoms with Crippen molar-refractivity contribution in [2.45, 2.75) is 0 Å². The number of nitrogens with one attached hydrogen (secondary N) is 1. The molecular formula is C18H17N3O4. The summed E-state index contributed by atoms with van der Waals surface area (Å²) in [6, 6.07) is 12.5. The van der Waals surface area contributed by atoms with Crippen LogP contribution in [0.2, 0.25) is 0 Å². The van der Waals surface area contributed by atoms with E-state index in [4.69, 9.17) is 19.6 Å². The Bertz CT molecular complexity index is 865. The van der Waals surface area contributed by atoms with Gasteiger partial charge in [-0.2, -0.15) is 0 Å². The maximum Gasteiger partial charge on any atom is 0.299 e. The molecule has 1 aromatic heterocycles. The van der Waals surface area contributed by atoms with Crippen LogP contribution in [-0.4, -0.2) is 25.1 Å². The molecule has 0 radical (unpaired) electrons. The first kappa shape index (κ1) is 16.4. The number of benzene rings is 2. The highest BCUT2D eigenvalue weighted by Crippen LogP contribution is 2.29. The standard InChI is InChI=1S/C18H17N3O4/c1-23-14-7-13(8-15(9-14)24-2)21-18-20-10-16(25-18)11-3-5-12(6-4-11)17(19)22/h3-10H,1-2H3,(H2,19,22)(H,20,21). The van der Waals surface area contributed by atoms with Crippen LogP contribution in [0.25, 0.3) is 11.3 Å². The second-order valence-corrected chi connectivity index (χ2v) is 5.20. The van der Waals surface area contributed by atoms with Crippen molar-refractivity contribution in [2.75, 3.05) is 19.5 Å². The van der Waals surface area contributed by atoms with Crippen molar-refractivity contribution in [3.05, 3.63) is 54.2 Å². The van der Waals surface area contributed by atoms with Gasteiger partial charge in [0.1, 0.15) is 11.5 Å². The minimum absolute atomic E-state index is 0.323. The molecule has 0 atom stereocenters. The van der Waals surface area contributed by atoms with E-state index < -0.39 is 5.91 Å². The number of hydrogen-bond donors (Lipinski definition) is 2. The van der Waals surface area contributed by atoms with Gasteiger partial charge in [-0.15, -0.1) is 0 Å². The number of primary amides is 1. The molecule has 0 saturated carbocycles. The zero-order valence-electron chi connectivity index (χ0n) is 13.8. The molecule has 1 amide bonds. The molecule has 7 nitrogen and oxygen atoms in total. The number of methoxy groups -OCH3 is 2. The molecule has 3 N–H and O–H groups in total. The van der Waals surface area contributed by atoms with Gasteiger partial charge < -0.3 is 24.9 Å². The average molecular weight is 339 g/mol. The smallest absolute Gasteiger partial charge is 0.299 e. The lowest BCUT2D eigenvalue weighted by Crippen LogP contribution is -2.10. The molecule has 0 saturated heterocycles. The van der Waals surface area contributed by atoms with Gasteiger partial charge in [0.25, 0.3) is 6.01 Å². The van der Waals surface area contributed by atoms with Gasteiger partial charge >= 0.3 is 0 Å². The number of amides is 1. The van der Waals surface area contributed by atoms with E-state index >= 15 is 0 Å². The Morgan fingerprint density at radius 1 is 1.08 bits per heavy atom. The summed E-state index contributed by atoms with van der Waals surface area (Å²) in [5.41, 5.74) is 7.17. The number of rotatable bonds is 6. The molecule has 0 aliphatic carbocycles. The summed E-state index contributed by atoms with van der Waals surface area (Å²) in [6.07, 6.45) is 1.60. The highest BCUT2D eigenvalue weighted by Gasteiger charge is 2.09. The molecular weight excluding hydrogens is 322 g/mol. The van der Waals surface area contributed by atoms with Gasteiger partial charge in [-0.3, -0.25) is 4.79 Å². The summed E-state index contributed by atoms with van der Waals surface area (Å²) >= 11 is 0. The fourth-order valence-electron chi connectivity index (χ4n) is 2.27. The molecule has 0 bridgehead atoms. The van der Waals surface area contributed by atoms with Crippen molar-refractivity contribution in [1.82, 2.24) is 4.98 Å². The number of carbonyl (C=O) groups is 1. The van der Waals surface area contributed by atoms with Crippen LogP contribution in [0.3, 0.4) is 0 Å². The Hall–Kier alpha value is -3.48. The van der Waals surface area contributed by atoms with E-state index in [1.807, 2.05) is 0 Å². The van der Waals surface area contributed by atoms with Gasteiger partial charge in [0, 0.05) is 35.0 Å². The minimum atomic E-state index is -0.474. The van der Waals surface area contributed by atoms with Crippen LogP contribution in [0, 0.1) is 0 Å². The molecule has 7 heteroatoms. The Kier molecular flexibility index (Phi) is 4.56. The predicted octanol–water partition coefficient (Wildman–Crippen LogP) is 3.20. The highest BCUT2D eigenvalue weighted by atomic mass is 16.5. The van der Waals surface area contributed by atoms with Crippen molar-refractivity contribution in [3.63, 3.8) is 0 Å². The maximum absolute atomic E-state index is 11.1. The van der Waals surface area contributed by atoms with Crippen molar-refractivity contribution < 1.29 is 18.7 Å². The lowest BCUT2D eigenvalue weighted by atomic mass is 10.1. The number of ether oxygens (including phenoxy) is 2. The number of anilines is 2. The van der Waals surface area contributed by atoms with E-state index in [1.54, 1.807) is 62.9 Å². The predicted molar refractivity (Wildman–Crippen MR) is 93.3 cm³/mol. The molecule has 0 spiro atoms. The monoisotopic (exact) mass is 339 g/mol. The number of nitrogens with two attached hydrogens (primary N) is 1. The molecule has 2 aromatic carbocycles. The molecule has 3 rings (SSSR count). The van der Waals surface area contributed by atoms with Crippen molar-refractivity contribution in [1.29, 1.82) is 0 Å². The van der Waals surface area contributed by atoms with Gasteiger partial charge in [0.05, 0.1) is 20.4 Å². The molecule has 128 valence electrons. The third-order valence-corrected chi connectivity index (χ3v) is 3.56. The lowest BCUT2D eigenvalue weighted by molar-refractivity contribution is 0.100. The summed E-state index contributed by atoms with van der Waals surface area (Å²) in [6.45, 7) is 0. The first-order chi connectivity index (χ1) is 12.1. The highest BCUT2D eigenvalue weighted by molar-refractivity contribution is 5.93. The van der Waals surface area contributed by atoms with E-state index in [1.165, 1.54) is 0 Å². The van der Waals surface area contributed by atoms with Crippen LogP contribution in [0.4, 0.5) is 11.7 Å². The summed E-state index contributed by atoms with van der Waals surface area (Å²) in [7, 11) is 3.16. The fourth-order valence-corrected chi connectivity index (χ4v) is 2.27. The third-order valence-electron chi connectivity index (χ3n) is 3.56. The SMILES string of the molecule is COc1cc(Nc2ncc(-c3ccc(C(N)=O)cc3)o2)cc(OC)c1. The van der Waals surface area contributed by atoms with Crippen LogP contribution < -0.4 is 20.5 Å². The number of nitrogens with zero attached hydrogens (tertiary/aromatic N) is 1. The second kappa shape index (κ2) is 6.96. The topological polar surface area (TPSA) is 99.6 Å². The Morgan fingerprint density at radius 3 is 2.28 bits per heavy atom. The van der Waals surface area contributed by atoms with Crippen molar-refractivity contribution >= 4 is 17.6 Å². The molecule has 3 aromatic rings. The third kappa shape index (κ3) is 3.72. The van der Waals surface area contributed by atoms with Gasteiger partial charge in [-0.25, -0.2) is 4.98 Å². The first-order valence-electron chi connectivity index (χ1n) is 7.45. The molecule has 1 heterocycles. The maximum atomic E-state index is 11.1. The van der Waals surface area contributed by atoms with Crippen LogP contribution in [0.15, 0.2) is 53.1 Å². The largest absolute Gasteiger partial charge is 0.497 e. The number of carbonyl (C=O) groups excluding carboxylic acids is 1. The van der Waals surface area contributed by atoms with Crippen LogP contribution in [0.1, 0.15) is 10.4 Å². The second-order valence-electron chi connectivity index (χ2n) is 5.20. The number of oxazole rings is 1. The van der Waals surface area contributed by atoms with E-state index in [2.05, 4.69) is 10.3 Å². The Morgan fingerprint density at radius 2 is 1.72 bits per heavy atom. The van der Waals surface area contributed by atoms with Gasteiger partial charge in [0.15, 0.2) is 5.76 Å². The summed E-state index contributed by atoms with van der Waals surface area (Å²) in [5, 5.41) is 3.06. The summed E-state index contributed by atoms with van der Waals surface area (Å²) in [5.74, 6) is 1.39. The quantitative estimate of drug-likeness (QED) is 0.715. The Labute approximate surface area is 144 Å². The fraction of sp³-hybridized carbons (Fsp3) is 0.111. The lowest BCUT2D eigenvalue weighted by Gasteiger charge is -2.08. The number of aromatic nitrogens is 1. The molecule has 0 fully saturated rings. The van der Waals surface area contributed by atoms with Crippen LogP contribution >= 0.6 is 0 Å². The van der Waals surface area contributed by atoms with Gasteiger partial charge in [-0.05, 0) is 12.1 Å². The molecule has 0 aliphatic heterocycles. The van der Waals surface area contributed by atoms with E-state index in [0.717, 1.165) is 5.56 Å². The first-order valence-corrected chi connectivity index (χ1v) is 7.45. The molecule has 0 unspecified atom stereocenters. The van der Waals surface area contributed by atoms with E-state index in [9.17, 15) is 4.79 Å². The summed E-state index contributed by atoms with van der Waals surface area (Å²) in [4.78, 5) is 15.3. The number of hydrogen-bond acceptors (Lipinski definition) is 6. The summed E-state index contributed by atoms with van der Waals surface area (Å²) < 4.78 is 16.2. The van der Waals surface area contributed by atoms with Crippen molar-refractivity contribution in [2.24, 2.45) is 5.73 Å². The minimum Gasteiger partial charge on any atom is -0.497 e. The zero-order valence-corrected chi connectivity index (χ0v) is 13.8. The van der Waals surface area contributed by atoms with Gasteiger partial charge in [0.2, 0.25) is 5.91 Å². The van der Waals surface area contributed by atoms with Crippen molar-refractivity contribution in [3.8, 4) is 22.8 Å². The average Bonchev–Trinajstić information content (AvgIpc) is 3.09. The normalized spacial score (nSPS) is 10.3. The Balaban J connectivity index is 1.81. The van der Waals surface area contributed by atoms with E-state index in [-0.39, 0.29) is 0 Å². The zero-order chi connectivity index (χ0) is 17.8. The van der Waals surface area contributed by atoms with E-state index in [0.29, 0.717) is 34.5 Å². The van der Waals surface area contributed by atoms with Crippen LogP contribution in [0.5, 0.6) is 11.5 Å². The molecule has 0 aliphatic rings.